The largest absolute Gasteiger partial charge is 0.338 e. The van der Waals surface area contributed by atoms with Crippen molar-refractivity contribution in [3.8, 4) is 33.1 Å². The summed E-state index contributed by atoms with van der Waals surface area (Å²) in [5, 5.41) is 9.25. The number of thiophene rings is 1. The van der Waals surface area contributed by atoms with Crippen molar-refractivity contribution in [1.82, 2.24) is 30.1 Å². The Morgan fingerprint density at radius 1 is 0.935 bits per heavy atom. The first-order valence-corrected chi connectivity index (χ1v) is 10.5. The van der Waals surface area contributed by atoms with Crippen molar-refractivity contribution in [2.45, 2.75) is 6.92 Å². The standard InChI is InChI=1S/C23H15FN6S/c1-12-4-6-25-10-16(12)17-9-15-19(11-27-17)29-30-22(15)18-8-14-13(5-7-26-23(14)28-18)20-2-3-21(24)31-20/h2-11H,1H3,(H,26,28)(H,29,30). The Bertz CT molecular complexity index is 1580. The smallest absolute Gasteiger partial charge is 0.176 e. The minimum atomic E-state index is -0.209. The molecule has 6 heterocycles. The molecular weight excluding hydrogens is 411 g/mol. The molecule has 0 amide bonds. The Labute approximate surface area is 179 Å². The van der Waals surface area contributed by atoms with Gasteiger partial charge >= 0.3 is 0 Å². The van der Waals surface area contributed by atoms with Crippen LogP contribution in [0.1, 0.15) is 5.56 Å². The summed E-state index contributed by atoms with van der Waals surface area (Å²) in [6.07, 6.45) is 7.11. The molecule has 0 spiro atoms. The van der Waals surface area contributed by atoms with E-state index < -0.39 is 0 Å². The lowest BCUT2D eigenvalue weighted by atomic mass is 10.1. The highest BCUT2D eigenvalue weighted by atomic mass is 32.1. The molecule has 6 rings (SSSR count). The first kappa shape index (κ1) is 17.9. The molecule has 0 aliphatic carbocycles. The molecule has 0 saturated heterocycles. The first-order chi connectivity index (χ1) is 15.2. The lowest BCUT2D eigenvalue weighted by Gasteiger charge is -2.04. The van der Waals surface area contributed by atoms with Gasteiger partial charge in [-0.25, -0.2) is 4.98 Å². The lowest BCUT2D eigenvalue weighted by Crippen LogP contribution is -1.88. The Hall–Kier alpha value is -3.91. The second-order valence-electron chi connectivity index (χ2n) is 7.29. The second-order valence-corrected chi connectivity index (χ2v) is 8.32. The number of hydrogen-bond donors (Lipinski definition) is 2. The van der Waals surface area contributed by atoms with E-state index in [0.29, 0.717) is 0 Å². The van der Waals surface area contributed by atoms with Crippen molar-refractivity contribution in [2.75, 3.05) is 0 Å². The summed E-state index contributed by atoms with van der Waals surface area (Å²) < 4.78 is 13.6. The predicted octanol–water partition coefficient (Wildman–Crippen LogP) is 5.74. The Balaban J connectivity index is 1.52. The van der Waals surface area contributed by atoms with Crippen molar-refractivity contribution < 1.29 is 4.39 Å². The third-order valence-corrected chi connectivity index (χ3v) is 6.29. The van der Waals surface area contributed by atoms with Gasteiger partial charge in [-0.15, -0.1) is 11.3 Å². The molecule has 2 N–H and O–H groups in total. The number of rotatable bonds is 3. The summed E-state index contributed by atoms with van der Waals surface area (Å²) in [4.78, 5) is 17.5. The number of aromatic nitrogens is 6. The van der Waals surface area contributed by atoms with Crippen molar-refractivity contribution in [2.24, 2.45) is 0 Å². The maximum Gasteiger partial charge on any atom is 0.176 e. The van der Waals surface area contributed by atoms with Crippen molar-refractivity contribution in [3.05, 3.63) is 71.9 Å². The highest BCUT2D eigenvalue weighted by Crippen LogP contribution is 2.36. The highest BCUT2D eigenvalue weighted by molar-refractivity contribution is 7.14. The van der Waals surface area contributed by atoms with Gasteiger partial charge < -0.3 is 4.98 Å². The molecule has 6 nitrogen and oxygen atoms in total. The Morgan fingerprint density at radius 3 is 2.71 bits per heavy atom. The van der Waals surface area contributed by atoms with Crippen molar-refractivity contribution in [1.29, 1.82) is 0 Å². The number of pyridine rings is 3. The average Bonchev–Trinajstić information content (AvgIpc) is 3.50. The van der Waals surface area contributed by atoms with Crippen LogP contribution in [0.2, 0.25) is 0 Å². The molecule has 8 heteroatoms. The van der Waals surface area contributed by atoms with Crippen LogP contribution in [0, 0.1) is 12.1 Å². The summed E-state index contributed by atoms with van der Waals surface area (Å²) >= 11 is 1.12. The molecule has 0 unspecified atom stereocenters. The maximum absolute atomic E-state index is 13.6. The zero-order valence-corrected chi connectivity index (χ0v) is 17.2. The lowest BCUT2D eigenvalue weighted by molar-refractivity contribution is 0.657. The number of hydrogen-bond acceptors (Lipinski definition) is 5. The Morgan fingerprint density at radius 2 is 1.87 bits per heavy atom. The van der Waals surface area contributed by atoms with Gasteiger partial charge in [0.15, 0.2) is 5.13 Å². The van der Waals surface area contributed by atoms with E-state index in [1.54, 1.807) is 24.7 Å². The van der Waals surface area contributed by atoms with Gasteiger partial charge in [-0.3, -0.25) is 15.1 Å². The van der Waals surface area contributed by atoms with E-state index >= 15 is 0 Å². The molecule has 0 aliphatic rings. The molecule has 0 saturated carbocycles. The van der Waals surface area contributed by atoms with E-state index in [2.05, 4.69) is 30.1 Å². The van der Waals surface area contributed by atoms with Crippen LogP contribution in [0.5, 0.6) is 0 Å². The summed E-state index contributed by atoms with van der Waals surface area (Å²) in [6.45, 7) is 2.04. The van der Waals surface area contributed by atoms with Crippen LogP contribution in [0.15, 0.2) is 61.2 Å². The van der Waals surface area contributed by atoms with Crippen molar-refractivity contribution in [3.63, 3.8) is 0 Å². The van der Waals surface area contributed by atoms with Gasteiger partial charge in [-0.2, -0.15) is 9.49 Å². The third-order valence-electron chi connectivity index (χ3n) is 5.39. The maximum atomic E-state index is 13.6. The molecule has 31 heavy (non-hydrogen) atoms. The fraction of sp³-hybridized carbons (Fsp3) is 0.0435. The van der Waals surface area contributed by atoms with E-state index in [1.165, 1.54) is 6.07 Å². The number of fused-ring (bicyclic) bond motifs is 2. The zero-order valence-electron chi connectivity index (χ0n) is 16.3. The topological polar surface area (TPSA) is 83.1 Å². The Kier molecular flexibility index (Phi) is 3.94. The molecule has 0 bridgehead atoms. The van der Waals surface area contributed by atoms with Crippen LogP contribution in [-0.4, -0.2) is 30.1 Å². The van der Waals surface area contributed by atoms with Gasteiger partial charge in [0.1, 0.15) is 11.3 Å². The molecule has 150 valence electrons. The average molecular weight is 426 g/mol. The predicted molar refractivity (Wildman–Crippen MR) is 120 cm³/mol. The highest BCUT2D eigenvalue weighted by Gasteiger charge is 2.16. The fourth-order valence-electron chi connectivity index (χ4n) is 3.83. The molecule has 0 fully saturated rings. The summed E-state index contributed by atoms with van der Waals surface area (Å²) in [6, 6.07) is 11.2. The van der Waals surface area contributed by atoms with Gasteiger partial charge in [0, 0.05) is 45.4 Å². The van der Waals surface area contributed by atoms with Gasteiger partial charge in [0.2, 0.25) is 0 Å². The monoisotopic (exact) mass is 426 g/mol. The van der Waals surface area contributed by atoms with Crippen LogP contribution in [0.3, 0.4) is 0 Å². The number of nitrogens with one attached hydrogen (secondary N) is 2. The fourth-order valence-corrected chi connectivity index (χ4v) is 4.60. The molecule has 0 atom stereocenters. The van der Waals surface area contributed by atoms with Crippen LogP contribution in [0.4, 0.5) is 4.39 Å². The first-order valence-electron chi connectivity index (χ1n) is 9.66. The number of aromatic amines is 2. The van der Waals surface area contributed by atoms with Crippen LogP contribution < -0.4 is 0 Å². The molecule has 0 aliphatic heterocycles. The van der Waals surface area contributed by atoms with Crippen molar-refractivity contribution >= 4 is 33.3 Å². The minimum absolute atomic E-state index is 0.209. The van der Waals surface area contributed by atoms with Gasteiger partial charge in [0.25, 0.3) is 0 Å². The molecule has 0 aromatic carbocycles. The number of aryl methyl sites for hydroxylation is 1. The summed E-state index contributed by atoms with van der Waals surface area (Å²) in [5.74, 6) is 0. The van der Waals surface area contributed by atoms with E-state index in [1.807, 2.05) is 37.4 Å². The van der Waals surface area contributed by atoms with Crippen LogP contribution >= 0.6 is 11.3 Å². The molecular formula is C23H15FN6S. The number of H-pyrrole nitrogens is 2. The van der Waals surface area contributed by atoms with Crippen LogP contribution in [-0.2, 0) is 0 Å². The molecule has 0 radical (unpaired) electrons. The van der Waals surface area contributed by atoms with Gasteiger partial charge in [-0.05, 0) is 48.9 Å². The number of nitrogens with zero attached hydrogens (tertiary/aromatic N) is 4. The second kappa shape index (κ2) is 6.82. The number of halogens is 1. The van der Waals surface area contributed by atoms with E-state index in [-0.39, 0.29) is 5.13 Å². The van der Waals surface area contributed by atoms with Gasteiger partial charge in [0.05, 0.1) is 23.1 Å². The summed E-state index contributed by atoms with van der Waals surface area (Å²) in [7, 11) is 0. The quantitative estimate of drug-likeness (QED) is 0.378. The van der Waals surface area contributed by atoms with E-state index in [4.69, 9.17) is 0 Å². The van der Waals surface area contributed by atoms with Gasteiger partial charge in [-0.1, -0.05) is 0 Å². The zero-order chi connectivity index (χ0) is 20.9. The van der Waals surface area contributed by atoms with E-state index in [0.717, 1.165) is 71.9 Å². The minimum Gasteiger partial charge on any atom is -0.338 e. The normalized spacial score (nSPS) is 11.5. The SMILES string of the molecule is Cc1ccncc1-c1cc2c(-c3cc4c(-c5ccc(F)s5)ccnc4[nH]3)n[nH]c2cn1. The molecule has 6 aromatic heterocycles. The third kappa shape index (κ3) is 2.91. The van der Waals surface area contributed by atoms with Crippen LogP contribution in [0.25, 0.3) is 55.0 Å². The summed E-state index contributed by atoms with van der Waals surface area (Å²) in [5.41, 5.74) is 7.05. The molecule has 6 aromatic rings. The van der Waals surface area contributed by atoms with E-state index in [9.17, 15) is 4.39 Å².